The average molecular weight is 370 g/mol. The van der Waals surface area contributed by atoms with E-state index in [2.05, 4.69) is 20.4 Å². The van der Waals surface area contributed by atoms with Gasteiger partial charge in [0.05, 0.1) is 22.7 Å². The highest BCUT2D eigenvalue weighted by Crippen LogP contribution is 2.29. The number of amides is 2. The Morgan fingerprint density at radius 3 is 2.42 bits per heavy atom. The van der Waals surface area contributed by atoms with E-state index in [4.69, 9.17) is 23.2 Å². The summed E-state index contributed by atoms with van der Waals surface area (Å²) in [6, 6.07) is 5.91. The van der Waals surface area contributed by atoms with Crippen molar-refractivity contribution in [2.75, 3.05) is 12.4 Å². The number of halogens is 2. The topological polar surface area (TPSA) is 80.3 Å². The second-order valence-corrected chi connectivity index (χ2v) is 6.28. The molecule has 8 heteroatoms. The monoisotopic (exact) mass is 369 g/mol. The summed E-state index contributed by atoms with van der Waals surface area (Å²) in [4.78, 5) is 28.1. The van der Waals surface area contributed by atoms with Crippen LogP contribution in [0, 0.1) is 5.92 Å². The van der Waals surface area contributed by atoms with E-state index in [0.29, 0.717) is 26.8 Å². The van der Waals surface area contributed by atoms with Crippen LogP contribution in [0.25, 0.3) is 10.9 Å². The molecule has 1 heterocycles. The van der Waals surface area contributed by atoms with Gasteiger partial charge in [-0.3, -0.25) is 4.79 Å². The summed E-state index contributed by atoms with van der Waals surface area (Å²) in [5.74, 6) is -0.225. The van der Waals surface area contributed by atoms with E-state index >= 15 is 0 Å². The Labute approximate surface area is 149 Å². The van der Waals surface area contributed by atoms with Crippen LogP contribution >= 0.6 is 23.2 Å². The molecular weight excluding hydrogens is 353 g/mol. The molecule has 2 amide bonds. The van der Waals surface area contributed by atoms with Crippen LogP contribution in [-0.2, 0) is 9.53 Å². The zero-order valence-electron chi connectivity index (χ0n) is 13.4. The van der Waals surface area contributed by atoms with E-state index in [1.807, 2.05) is 13.8 Å². The fourth-order valence-corrected chi connectivity index (χ4v) is 2.57. The first-order valence-corrected chi connectivity index (χ1v) is 7.99. The number of aromatic nitrogens is 1. The smallest absolute Gasteiger partial charge is 0.407 e. The van der Waals surface area contributed by atoms with Crippen molar-refractivity contribution in [1.29, 1.82) is 0 Å². The van der Waals surface area contributed by atoms with Crippen molar-refractivity contribution in [3.63, 3.8) is 0 Å². The number of anilines is 1. The van der Waals surface area contributed by atoms with Crippen LogP contribution in [0.4, 0.5) is 10.6 Å². The number of rotatable bonds is 4. The van der Waals surface area contributed by atoms with E-state index in [9.17, 15) is 9.59 Å². The minimum absolute atomic E-state index is 0.136. The minimum Gasteiger partial charge on any atom is -0.453 e. The van der Waals surface area contributed by atoms with Crippen molar-refractivity contribution < 1.29 is 14.3 Å². The molecular formula is C16H17Cl2N3O3. The van der Waals surface area contributed by atoms with Crippen LogP contribution in [0.1, 0.15) is 13.8 Å². The molecule has 0 saturated carbocycles. The van der Waals surface area contributed by atoms with Crippen molar-refractivity contribution in [3.8, 4) is 0 Å². The Bertz CT molecular complexity index is 780. The van der Waals surface area contributed by atoms with Gasteiger partial charge in [0.2, 0.25) is 5.91 Å². The number of hydrogen-bond acceptors (Lipinski definition) is 4. The van der Waals surface area contributed by atoms with Crippen LogP contribution in [0.2, 0.25) is 10.0 Å². The third kappa shape index (κ3) is 4.07. The molecule has 0 aliphatic carbocycles. The molecule has 2 aromatic rings. The van der Waals surface area contributed by atoms with E-state index < -0.39 is 18.0 Å². The number of nitrogens with zero attached hydrogens (tertiary/aromatic N) is 1. The molecule has 0 spiro atoms. The zero-order chi connectivity index (χ0) is 17.9. The molecule has 0 fully saturated rings. The summed E-state index contributed by atoms with van der Waals surface area (Å²) >= 11 is 12.2. The van der Waals surface area contributed by atoms with Gasteiger partial charge in [0.25, 0.3) is 0 Å². The highest BCUT2D eigenvalue weighted by Gasteiger charge is 2.25. The number of fused-ring (bicyclic) bond motifs is 1. The van der Waals surface area contributed by atoms with Gasteiger partial charge in [-0.15, -0.1) is 0 Å². The van der Waals surface area contributed by atoms with Gasteiger partial charge in [-0.2, -0.15) is 0 Å². The molecule has 0 saturated heterocycles. The molecule has 0 radical (unpaired) electrons. The quantitative estimate of drug-likeness (QED) is 0.857. The van der Waals surface area contributed by atoms with Crippen molar-refractivity contribution in [2.24, 2.45) is 5.92 Å². The largest absolute Gasteiger partial charge is 0.453 e. The number of ether oxygens (including phenoxy) is 1. The molecule has 0 aliphatic heterocycles. The Balaban J connectivity index is 2.26. The molecule has 1 aromatic carbocycles. The third-order valence-corrected chi connectivity index (χ3v) is 4.05. The molecule has 0 bridgehead atoms. The molecule has 24 heavy (non-hydrogen) atoms. The Morgan fingerprint density at radius 2 is 1.79 bits per heavy atom. The van der Waals surface area contributed by atoms with Gasteiger partial charge < -0.3 is 15.4 Å². The van der Waals surface area contributed by atoms with Gasteiger partial charge in [-0.25, -0.2) is 9.78 Å². The zero-order valence-corrected chi connectivity index (χ0v) is 14.9. The maximum absolute atomic E-state index is 12.4. The van der Waals surface area contributed by atoms with E-state index in [1.54, 1.807) is 24.3 Å². The van der Waals surface area contributed by atoms with Crippen LogP contribution in [0.15, 0.2) is 24.3 Å². The lowest BCUT2D eigenvalue weighted by Crippen LogP contribution is -2.47. The van der Waals surface area contributed by atoms with Gasteiger partial charge in [0.1, 0.15) is 11.9 Å². The molecule has 128 valence electrons. The molecule has 2 rings (SSSR count). The normalized spacial score (nSPS) is 12.1. The fourth-order valence-electron chi connectivity index (χ4n) is 2.14. The minimum atomic E-state index is -0.759. The highest BCUT2D eigenvalue weighted by molar-refractivity contribution is 6.39. The lowest BCUT2D eigenvalue weighted by molar-refractivity contribution is -0.119. The maximum Gasteiger partial charge on any atom is 0.407 e. The predicted molar refractivity (Wildman–Crippen MR) is 94.6 cm³/mol. The van der Waals surface area contributed by atoms with Crippen molar-refractivity contribution >= 4 is 51.9 Å². The van der Waals surface area contributed by atoms with E-state index in [0.717, 1.165) is 0 Å². The number of benzene rings is 1. The van der Waals surface area contributed by atoms with Gasteiger partial charge in [0, 0.05) is 5.39 Å². The Kier molecular flexibility index (Phi) is 5.85. The lowest BCUT2D eigenvalue weighted by Gasteiger charge is -2.20. The van der Waals surface area contributed by atoms with Crippen molar-refractivity contribution in [3.05, 3.63) is 34.3 Å². The number of hydrogen-bond donors (Lipinski definition) is 2. The fraction of sp³-hybridized carbons (Fsp3) is 0.312. The first kappa shape index (κ1) is 18.3. The van der Waals surface area contributed by atoms with E-state index in [-0.39, 0.29) is 5.92 Å². The summed E-state index contributed by atoms with van der Waals surface area (Å²) < 4.78 is 4.54. The molecule has 1 atom stereocenters. The number of methoxy groups -OCH3 is 1. The average Bonchev–Trinajstić information content (AvgIpc) is 2.55. The molecule has 1 aromatic heterocycles. The van der Waals surface area contributed by atoms with Crippen LogP contribution in [-0.4, -0.2) is 30.1 Å². The number of nitrogens with one attached hydrogen (secondary N) is 2. The summed E-state index contributed by atoms with van der Waals surface area (Å²) in [5.41, 5.74) is 0.490. The molecule has 0 unspecified atom stereocenters. The van der Waals surface area contributed by atoms with Crippen LogP contribution in [0.5, 0.6) is 0 Å². The van der Waals surface area contributed by atoms with Gasteiger partial charge in [-0.05, 0) is 30.2 Å². The van der Waals surface area contributed by atoms with Gasteiger partial charge in [-0.1, -0.05) is 37.0 Å². The van der Waals surface area contributed by atoms with Crippen molar-refractivity contribution in [2.45, 2.75) is 19.9 Å². The molecule has 6 nitrogen and oxygen atoms in total. The summed E-state index contributed by atoms with van der Waals surface area (Å²) in [5, 5.41) is 6.81. The summed E-state index contributed by atoms with van der Waals surface area (Å²) in [6.45, 7) is 3.62. The second kappa shape index (κ2) is 7.68. The number of carbonyl (C=O) groups is 2. The maximum atomic E-state index is 12.4. The first-order chi connectivity index (χ1) is 11.3. The van der Waals surface area contributed by atoms with Gasteiger partial charge in [0.15, 0.2) is 0 Å². The standard InChI is InChI=1S/C16H17Cl2N3O3/c1-8(2)13(21-16(23)24-3)15(22)20-12-7-4-9-10(17)5-6-11(18)14(9)19-12/h4-8,13H,1-3H3,(H,21,23)(H,19,20,22)/t13-/m0/s1. The Hall–Kier alpha value is -2.05. The number of alkyl carbamates (subject to hydrolysis) is 1. The highest BCUT2D eigenvalue weighted by atomic mass is 35.5. The van der Waals surface area contributed by atoms with E-state index in [1.165, 1.54) is 7.11 Å². The van der Waals surface area contributed by atoms with Gasteiger partial charge >= 0.3 is 6.09 Å². The lowest BCUT2D eigenvalue weighted by atomic mass is 10.0. The van der Waals surface area contributed by atoms with Crippen LogP contribution < -0.4 is 10.6 Å². The predicted octanol–water partition coefficient (Wildman–Crippen LogP) is 3.86. The van der Waals surface area contributed by atoms with Crippen molar-refractivity contribution in [1.82, 2.24) is 10.3 Å². The molecule has 2 N–H and O–H groups in total. The molecule has 0 aliphatic rings. The SMILES string of the molecule is COC(=O)N[C@H](C(=O)Nc1ccc2c(Cl)ccc(Cl)c2n1)C(C)C. The summed E-state index contributed by atoms with van der Waals surface area (Å²) in [6.07, 6.45) is -0.676. The Morgan fingerprint density at radius 1 is 1.12 bits per heavy atom. The number of carbonyl (C=O) groups excluding carboxylic acids is 2. The first-order valence-electron chi connectivity index (χ1n) is 7.23. The van der Waals surface area contributed by atoms with Crippen LogP contribution in [0.3, 0.4) is 0 Å². The third-order valence-electron chi connectivity index (χ3n) is 3.41. The second-order valence-electron chi connectivity index (χ2n) is 5.47. The summed E-state index contributed by atoms with van der Waals surface area (Å²) in [7, 11) is 1.24. The number of pyridine rings is 1.